The summed E-state index contributed by atoms with van der Waals surface area (Å²) in [6.07, 6.45) is 0.146. The average Bonchev–Trinajstić information content (AvgIpc) is 2.77. The Kier molecular flexibility index (Phi) is 5.15. The van der Waals surface area contributed by atoms with Crippen LogP contribution < -0.4 is 11.1 Å². The fourth-order valence-electron chi connectivity index (χ4n) is 3.74. The lowest BCUT2D eigenvalue weighted by atomic mass is 9.95. The third-order valence-corrected chi connectivity index (χ3v) is 5.21. The van der Waals surface area contributed by atoms with Gasteiger partial charge in [0.1, 0.15) is 6.04 Å². The van der Waals surface area contributed by atoms with E-state index in [4.69, 9.17) is 5.73 Å². The first kappa shape index (κ1) is 19.2. The van der Waals surface area contributed by atoms with Gasteiger partial charge in [0.15, 0.2) is 0 Å². The molecule has 2 amide bonds. The highest BCUT2D eigenvalue weighted by molar-refractivity contribution is 6.18. The van der Waals surface area contributed by atoms with Gasteiger partial charge in [-0.15, -0.1) is 0 Å². The van der Waals surface area contributed by atoms with Crippen LogP contribution in [0.25, 0.3) is 21.5 Å². The van der Waals surface area contributed by atoms with Gasteiger partial charge < -0.3 is 11.1 Å². The Balaban J connectivity index is 1.75. The molecular weight excluding hydrogens is 374 g/mol. The second-order valence-corrected chi connectivity index (χ2v) is 7.10. The number of carbonyl (C=O) groups is 2. The monoisotopic (exact) mass is 393 g/mol. The number of primary amides is 1. The van der Waals surface area contributed by atoms with Gasteiger partial charge in [0.25, 0.3) is 5.91 Å². The van der Waals surface area contributed by atoms with Gasteiger partial charge in [-0.1, -0.05) is 66.7 Å². The molecule has 0 saturated carbocycles. The molecule has 146 valence electrons. The molecule has 0 bridgehead atoms. The van der Waals surface area contributed by atoms with E-state index in [-0.39, 0.29) is 12.3 Å². The zero-order chi connectivity index (χ0) is 21.1. The molecule has 0 radical (unpaired) electrons. The smallest absolute Gasteiger partial charge is 0.253 e. The normalized spacial score (nSPS) is 11.7. The van der Waals surface area contributed by atoms with Gasteiger partial charge in [-0.25, -0.2) is 0 Å². The van der Waals surface area contributed by atoms with Gasteiger partial charge in [0, 0.05) is 6.42 Å². The third kappa shape index (κ3) is 3.59. The molecule has 4 aromatic carbocycles. The maximum atomic E-state index is 13.3. The van der Waals surface area contributed by atoms with E-state index in [1.165, 1.54) is 0 Å². The first-order chi connectivity index (χ1) is 14.6. The topological polar surface area (TPSA) is 96.0 Å². The standard InChI is InChI=1S/C25H19N3O2/c26-15-19-10-2-1-7-16(19)14-22(24(27)29)28-25(30)23-20-11-5-3-8-17(20)13-18-9-4-6-12-21(18)23/h1-13,22H,14H2,(H2,27,29)(H,28,30)/t22-/m0/s1. The number of benzene rings is 4. The maximum Gasteiger partial charge on any atom is 0.253 e. The highest BCUT2D eigenvalue weighted by atomic mass is 16.2. The Labute approximate surface area is 173 Å². The Morgan fingerprint density at radius 3 is 2.07 bits per heavy atom. The van der Waals surface area contributed by atoms with E-state index in [1.54, 1.807) is 24.3 Å². The van der Waals surface area contributed by atoms with Crippen molar-refractivity contribution >= 4 is 33.4 Å². The van der Waals surface area contributed by atoms with Crippen LogP contribution in [0.15, 0.2) is 78.9 Å². The van der Waals surface area contributed by atoms with Crippen LogP contribution in [0, 0.1) is 11.3 Å². The minimum absolute atomic E-state index is 0.146. The summed E-state index contributed by atoms with van der Waals surface area (Å²) in [6.45, 7) is 0. The largest absolute Gasteiger partial charge is 0.368 e. The van der Waals surface area contributed by atoms with Gasteiger partial charge in [-0.2, -0.15) is 5.26 Å². The molecule has 0 aliphatic rings. The number of fused-ring (bicyclic) bond motifs is 2. The minimum atomic E-state index is -0.940. The summed E-state index contributed by atoms with van der Waals surface area (Å²) < 4.78 is 0. The van der Waals surface area contributed by atoms with Crippen LogP contribution in [0.5, 0.6) is 0 Å². The summed E-state index contributed by atoms with van der Waals surface area (Å²) in [6, 6.07) is 25.5. The van der Waals surface area contributed by atoms with Crippen molar-refractivity contribution in [2.24, 2.45) is 5.73 Å². The quantitative estimate of drug-likeness (QED) is 0.506. The second-order valence-electron chi connectivity index (χ2n) is 7.10. The van der Waals surface area contributed by atoms with E-state index < -0.39 is 11.9 Å². The maximum absolute atomic E-state index is 13.3. The van der Waals surface area contributed by atoms with Crippen LogP contribution in [-0.2, 0) is 11.2 Å². The van der Waals surface area contributed by atoms with Crippen LogP contribution in [0.3, 0.4) is 0 Å². The van der Waals surface area contributed by atoms with Crippen LogP contribution in [0.1, 0.15) is 21.5 Å². The predicted octanol–water partition coefficient (Wildman–Crippen LogP) is 3.69. The lowest BCUT2D eigenvalue weighted by Crippen LogP contribution is -2.46. The number of rotatable bonds is 5. The molecular formula is C25H19N3O2. The number of nitrogens with zero attached hydrogens (tertiary/aromatic N) is 1. The first-order valence-electron chi connectivity index (χ1n) is 9.57. The highest BCUT2D eigenvalue weighted by Crippen LogP contribution is 2.28. The van der Waals surface area contributed by atoms with Crippen molar-refractivity contribution in [3.05, 3.63) is 95.6 Å². The average molecular weight is 393 g/mol. The third-order valence-electron chi connectivity index (χ3n) is 5.21. The number of amides is 2. The highest BCUT2D eigenvalue weighted by Gasteiger charge is 2.23. The fraction of sp³-hybridized carbons (Fsp3) is 0.0800. The van der Waals surface area contributed by atoms with E-state index in [1.807, 2.05) is 54.6 Å². The van der Waals surface area contributed by atoms with Gasteiger partial charge >= 0.3 is 0 Å². The van der Waals surface area contributed by atoms with Crippen LogP contribution >= 0.6 is 0 Å². The Bertz CT molecular complexity index is 1270. The molecule has 0 unspecified atom stereocenters. The number of nitrogens with one attached hydrogen (secondary N) is 1. The molecule has 4 aromatic rings. The van der Waals surface area contributed by atoms with E-state index in [0.29, 0.717) is 16.7 Å². The van der Waals surface area contributed by atoms with E-state index in [0.717, 1.165) is 21.5 Å². The summed E-state index contributed by atoms with van der Waals surface area (Å²) in [5.74, 6) is -1.03. The minimum Gasteiger partial charge on any atom is -0.368 e. The summed E-state index contributed by atoms with van der Waals surface area (Å²) in [4.78, 5) is 25.5. The summed E-state index contributed by atoms with van der Waals surface area (Å²) >= 11 is 0. The predicted molar refractivity (Wildman–Crippen MR) is 117 cm³/mol. The summed E-state index contributed by atoms with van der Waals surface area (Å²) in [7, 11) is 0. The summed E-state index contributed by atoms with van der Waals surface area (Å²) in [5, 5.41) is 15.6. The number of hydrogen-bond acceptors (Lipinski definition) is 3. The van der Waals surface area contributed by atoms with Crippen molar-refractivity contribution in [2.75, 3.05) is 0 Å². The lowest BCUT2D eigenvalue weighted by Gasteiger charge is -2.18. The number of carbonyl (C=O) groups excluding carboxylic acids is 2. The number of nitriles is 1. The number of nitrogens with two attached hydrogens (primary N) is 1. The second kappa shape index (κ2) is 8.06. The Morgan fingerprint density at radius 1 is 0.900 bits per heavy atom. The molecule has 3 N–H and O–H groups in total. The zero-order valence-electron chi connectivity index (χ0n) is 16.1. The van der Waals surface area contributed by atoms with E-state index >= 15 is 0 Å². The molecule has 0 heterocycles. The van der Waals surface area contributed by atoms with Crippen LogP contribution in [-0.4, -0.2) is 17.9 Å². The molecule has 0 saturated heterocycles. The zero-order valence-corrected chi connectivity index (χ0v) is 16.1. The molecule has 4 rings (SSSR count). The first-order valence-corrected chi connectivity index (χ1v) is 9.57. The molecule has 0 aromatic heterocycles. The summed E-state index contributed by atoms with van der Waals surface area (Å²) in [5.41, 5.74) is 7.21. The van der Waals surface area contributed by atoms with E-state index in [2.05, 4.69) is 11.4 Å². The molecule has 0 spiro atoms. The van der Waals surface area contributed by atoms with Crippen molar-refractivity contribution in [1.29, 1.82) is 5.26 Å². The van der Waals surface area contributed by atoms with E-state index in [9.17, 15) is 14.9 Å². The van der Waals surface area contributed by atoms with Crippen LogP contribution in [0.2, 0.25) is 0 Å². The Morgan fingerprint density at radius 2 is 1.47 bits per heavy atom. The Hall–Kier alpha value is -4.17. The molecule has 0 aliphatic heterocycles. The van der Waals surface area contributed by atoms with Gasteiger partial charge in [-0.05, 0) is 39.2 Å². The fourth-order valence-corrected chi connectivity index (χ4v) is 3.74. The van der Waals surface area contributed by atoms with Crippen molar-refractivity contribution < 1.29 is 9.59 Å². The molecule has 1 atom stereocenters. The molecule has 5 nitrogen and oxygen atoms in total. The van der Waals surface area contributed by atoms with Crippen molar-refractivity contribution in [3.8, 4) is 6.07 Å². The van der Waals surface area contributed by atoms with Gasteiger partial charge in [-0.3, -0.25) is 9.59 Å². The molecule has 0 aliphatic carbocycles. The SMILES string of the molecule is N#Cc1ccccc1C[C@H](NC(=O)c1c2ccccc2cc2ccccc12)C(N)=O. The van der Waals surface area contributed by atoms with Gasteiger partial charge in [0.05, 0.1) is 17.2 Å². The number of hydrogen-bond donors (Lipinski definition) is 2. The van der Waals surface area contributed by atoms with Crippen molar-refractivity contribution in [1.82, 2.24) is 5.32 Å². The lowest BCUT2D eigenvalue weighted by molar-refractivity contribution is -0.119. The molecule has 0 fully saturated rings. The molecule has 30 heavy (non-hydrogen) atoms. The molecule has 5 heteroatoms. The van der Waals surface area contributed by atoms with Crippen LogP contribution in [0.4, 0.5) is 0 Å². The van der Waals surface area contributed by atoms with Gasteiger partial charge in [0.2, 0.25) is 5.91 Å². The van der Waals surface area contributed by atoms with Crippen molar-refractivity contribution in [2.45, 2.75) is 12.5 Å². The van der Waals surface area contributed by atoms with Crippen molar-refractivity contribution in [3.63, 3.8) is 0 Å².